The van der Waals surface area contributed by atoms with Crippen molar-refractivity contribution < 1.29 is 14.7 Å². The predicted octanol–water partition coefficient (Wildman–Crippen LogP) is 2.53. The lowest BCUT2D eigenvalue weighted by Crippen LogP contribution is -2.41. The van der Waals surface area contributed by atoms with Gasteiger partial charge in [0.15, 0.2) is 0 Å². The molecule has 0 aromatic heterocycles. The van der Waals surface area contributed by atoms with Gasteiger partial charge < -0.3 is 15.7 Å². The van der Waals surface area contributed by atoms with E-state index in [9.17, 15) is 9.59 Å². The summed E-state index contributed by atoms with van der Waals surface area (Å²) in [6, 6.07) is -0.103. The summed E-state index contributed by atoms with van der Waals surface area (Å²) in [5, 5.41) is 14.2. The molecule has 0 spiro atoms. The van der Waals surface area contributed by atoms with Crippen molar-refractivity contribution in [1.29, 1.82) is 0 Å². The molecule has 0 saturated heterocycles. The van der Waals surface area contributed by atoms with E-state index >= 15 is 0 Å². The van der Waals surface area contributed by atoms with E-state index in [0.29, 0.717) is 18.9 Å². The van der Waals surface area contributed by atoms with Crippen LogP contribution in [0.3, 0.4) is 0 Å². The smallest absolute Gasteiger partial charge is 0.315 e. The molecule has 3 N–H and O–H groups in total. The summed E-state index contributed by atoms with van der Waals surface area (Å²) in [6.07, 6.45) is 5.12. The third-order valence-electron chi connectivity index (χ3n) is 3.08. The Morgan fingerprint density at radius 3 is 2.58 bits per heavy atom. The fraction of sp³-hybridized carbons (Fsp3) is 0.714. The van der Waals surface area contributed by atoms with Crippen LogP contribution in [0.2, 0.25) is 0 Å². The van der Waals surface area contributed by atoms with Crippen LogP contribution in [0.1, 0.15) is 46.0 Å². The first kappa shape index (κ1) is 17.5. The summed E-state index contributed by atoms with van der Waals surface area (Å²) >= 11 is 0. The van der Waals surface area contributed by atoms with Gasteiger partial charge in [-0.1, -0.05) is 19.4 Å². The van der Waals surface area contributed by atoms with E-state index in [1.54, 1.807) is 6.08 Å². The van der Waals surface area contributed by atoms with Gasteiger partial charge in [-0.15, -0.1) is 6.58 Å². The number of aliphatic carboxylic acids is 1. The number of nitrogens with one attached hydrogen (secondary N) is 2. The zero-order valence-corrected chi connectivity index (χ0v) is 11.9. The lowest BCUT2D eigenvalue weighted by atomic mass is 9.97. The van der Waals surface area contributed by atoms with Gasteiger partial charge in [0.05, 0.1) is 0 Å². The van der Waals surface area contributed by atoms with Crippen LogP contribution in [0.5, 0.6) is 0 Å². The van der Waals surface area contributed by atoms with Crippen LogP contribution in [-0.2, 0) is 4.79 Å². The van der Waals surface area contributed by atoms with Gasteiger partial charge in [-0.05, 0) is 32.1 Å². The van der Waals surface area contributed by atoms with Crippen LogP contribution >= 0.6 is 0 Å². The van der Waals surface area contributed by atoms with Gasteiger partial charge >= 0.3 is 12.0 Å². The number of carbonyl (C=O) groups excluding carboxylic acids is 1. The molecule has 0 bridgehead atoms. The van der Waals surface area contributed by atoms with E-state index in [1.807, 2.05) is 13.8 Å². The van der Waals surface area contributed by atoms with Gasteiger partial charge in [0.1, 0.15) is 0 Å². The van der Waals surface area contributed by atoms with Crippen LogP contribution in [0.4, 0.5) is 4.79 Å². The van der Waals surface area contributed by atoms with Crippen molar-refractivity contribution in [2.45, 2.75) is 52.0 Å². The molecule has 2 unspecified atom stereocenters. The Labute approximate surface area is 115 Å². The summed E-state index contributed by atoms with van der Waals surface area (Å²) in [6.45, 7) is 8.15. The van der Waals surface area contributed by atoms with E-state index in [0.717, 1.165) is 19.3 Å². The molecular weight excluding hydrogens is 244 g/mol. The molecule has 0 rings (SSSR count). The molecule has 0 aromatic rings. The average Bonchev–Trinajstić information content (AvgIpc) is 2.33. The van der Waals surface area contributed by atoms with Gasteiger partial charge in [-0.25, -0.2) is 4.79 Å². The van der Waals surface area contributed by atoms with Crippen molar-refractivity contribution in [2.24, 2.45) is 5.92 Å². The molecule has 110 valence electrons. The Balaban J connectivity index is 3.77. The molecule has 0 aliphatic heterocycles. The normalized spacial score (nSPS) is 13.4. The zero-order valence-electron chi connectivity index (χ0n) is 11.9. The first-order chi connectivity index (χ1) is 8.99. The third-order valence-corrected chi connectivity index (χ3v) is 3.08. The van der Waals surface area contributed by atoms with Crippen molar-refractivity contribution in [1.82, 2.24) is 10.6 Å². The predicted molar refractivity (Wildman–Crippen MR) is 76.1 cm³/mol. The second-order valence-corrected chi connectivity index (χ2v) is 4.82. The van der Waals surface area contributed by atoms with Crippen molar-refractivity contribution in [3.63, 3.8) is 0 Å². The second kappa shape index (κ2) is 10.4. The summed E-state index contributed by atoms with van der Waals surface area (Å²) < 4.78 is 0. The minimum absolute atomic E-state index is 0.0754. The molecule has 5 nitrogen and oxygen atoms in total. The largest absolute Gasteiger partial charge is 0.481 e. The number of carboxylic acid groups (broad SMARTS) is 1. The molecule has 0 radical (unpaired) electrons. The molecule has 5 heteroatoms. The van der Waals surface area contributed by atoms with Crippen LogP contribution in [0, 0.1) is 5.92 Å². The molecular formula is C14H26N2O3. The van der Waals surface area contributed by atoms with Crippen molar-refractivity contribution in [3.05, 3.63) is 12.7 Å². The Morgan fingerprint density at radius 1 is 1.37 bits per heavy atom. The summed E-state index contributed by atoms with van der Waals surface area (Å²) in [5.41, 5.74) is 0. The molecule has 2 amide bonds. The highest BCUT2D eigenvalue weighted by Crippen LogP contribution is 2.14. The number of urea groups is 1. The zero-order chi connectivity index (χ0) is 14.7. The quantitative estimate of drug-likeness (QED) is 0.534. The first-order valence-electron chi connectivity index (χ1n) is 6.86. The van der Waals surface area contributed by atoms with E-state index < -0.39 is 5.97 Å². The molecule has 19 heavy (non-hydrogen) atoms. The molecule has 0 fully saturated rings. The Kier molecular flexibility index (Phi) is 9.57. The topological polar surface area (TPSA) is 78.4 Å². The number of hydrogen-bond donors (Lipinski definition) is 3. The van der Waals surface area contributed by atoms with Crippen LogP contribution < -0.4 is 10.6 Å². The Morgan fingerprint density at radius 2 is 2.05 bits per heavy atom. The van der Waals surface area contributed by atoms with Crippen LogP contribution in [0.25, 0.3) is 0 Å². The molecule has 2 atom stereocenters. The van der Waals surface area contributed by atoms with Crippen molar-refractivity contribution in [3.8, 4) is 0 Å². The van der Waals surface area contributed by atoms with E-state index in [-0.39, 0.29) is 18.5 Å². The maximum Gasteiger partial charge on any atom is 0.315 e. The number of rotatable bonds is 10. The molecule has 0 aliphatic carbocycles. The highest BCUT2D eigenvalue weighted by molar-refractivity contribution is 5.74. The molecule has 0 aromatic carbocycles. The molecule has 0 aliphatic rings. The Bertz CT molecular complexity index is 292. The monoisotopic (exact) mass is 270 g/mol. The summed E-state index contributed by atoms with van der Waals surface area (Å²) in [5.74, 6) is -0.413. The van der Waals surface area contributed by atoms with Gasteiger partial charge in [0, 0.05) is 19.0 Å². The number of carboxylic acids is 1. The first-order valence-corrected chi connectivity index (χ1v) is 6.86. The van der Waals surface area contributed by atoms with Crippen LogP contribution in [0.15, 0.2) is 12.7 Å². The number of hydrogen-bond acceptors (Lipinski definition) is 2. The third kappa shape index (κ3) is 10.1. The van der Waals surface area contributed by atoms with Gasteiger partial charge in [0.25, 0.3) is 0 Å². The molecule has 0 heterocycles. The van der Waals surface area contributed by atoms with Crippen molar-refractivity contribution in [2.75, 3.05) is 6.54 Å². The summed E-state index contributed by atoms with van der Waals surface area (Å²) in [7, 11) is 0. The Hall–Kier alpha value is -1.52. The minimum Gasteiger partial charge on any atom is -0.481 e. The van der Waals surface area contributed by atoms with E-state index in [4.69, 9.17) is 5.11 Å². The number of amides is 2. The van der Waals surface area contributed by atoms with Crippen molar-refractivity contribution >= 4 is 12.0 Å². The SMILES string of the molecule is C=CCC(C)NC(=O)NCCC(CC)CCC(=O)O. The lowest BCUT2D eigenvalue weighted by molar-refractivity contribution is -0.137. The fourth-order valence-electron chi connectivity index (χ4n) is 1.85. The highest BCUT2D eigenvalue weighted by atomic mass is 16.4. The second-order valence-electron chi connectivity index (χ2n) is 4.82. The lowest BCUT2D eigenvalue weighted by Gasteiger charge is -2.16. The maximum absolute atomic E-state index is 11.5. The summed E-state index contributed by atoms with van der Waals surface area (Å²) in [4.78, 5) is 22.0. The van der Waals surface area contributed by atoms with Gasteiger partial charge in [0.2, 0.25) is 0 Å². The van der Waals surface area contributed by atoms with E-state index in [1.165, 1.54) is 0 Å². The van der Waals surface area contributed by atoms with Gasteiger partial charge in [-0.2, -0.15) is 0 Å². The molecule has 0 saturated carbocycles. The standard InChI is InChI=1S/C14H26N2O3/c1-4-6-11(3)16-14(19)15-10-9-12(5-2)7-8-13(17)18/h4,11-12H,1,5-10H2,2-3H3,(H,17,18)(H2,15,16,19). The van der Waals surface area contributed by atoms with E-state index in [2.05, 4.69) is 17.2 Å². The number of carbonyl (C=O) groups is 2. The van der Waals surface area contributed by atoms with Gasteiger partial charge in [-0.3, -0.25) is 4.79 Å². The highest BCUT2D eigenvalue weighted by Gasteiger charge is 2.10. The van der Waals surface area contributed by atoms with Crippen LogP contribution in [-0.4, -0.2) is 29.7 Å². The minimum atomic E-state index is -0.762. The maximum atomic E-state index is 11.5. The average molecular weight is 270 g/mol. The fourth-order valence-corrected chi connectivity index (χ4v) is 1.85.